The summed E-state index contributed by atoms with van der Waals surface area (Å²) in [6.07, 6.45) is -0.473. The maximum Gasteiger partial charge on any atom is 0.119 e. The second-order valence-electron chi connectivity index (χ2n) is 4.46. The Hall–Kier alpha value is -1.64. The van der Waals surface area contributed by atoms with E-state index >= 15 is 0 Å². The summed E-state index contributed by atoms with van der Waals surface area (Å²) in [6, 6.07) is 18.6. The van der Waals surface area contributed by atoms with E-state index in [9.17, 15) is 10.2 Å². The summed E-state index contributed by atoms with van der Waals surface area (Å²) in [7, 11) is 0. The van der Waals surface area contributed by atoms with Crippen molar-refractivity contribution in [1.29, 1.82) is 0 Å². The van der Waals surface area contributed by atoms with Crippen LogP contribution in [0.5, 0.6) is 0 Å². The van der Waals surface area contributed by atoms with E-state index in [2.05, 4.69) is 0 Å². The molecule has 2 nitrogen and oxygen atoms in total. The van der Waals surface area contributed by atoms with Crippen LogP contribution in [-0.4, -0.2) is 10.2 Å². The maximum atomic E-state index is 10.8. The minimum Gasteiger partial charge on any atom is -0.385 e. The molecule has 2 atom stereocenters. The fourth-order valence-electron chi connectivity index (χ4n) is 2.19. The van der Waals surface area contributed by atoms with Gasteiger partial charge < -0.3 is 10.2 Å². The first-order chi connectivity index (χ1) is 8.68. The predicted molar refractivity (Wildman–Crippen MR) is 72.0 cm³/mol. The van der Waals surface area contributed by atoms with Gasteiger partial charge in [0.05, 0.1) is 0 Å². The molecule has 0 unspecified atom stereocenters. The van der Waals surface area contributed by atoms with Crippen molar-refractivity contribution in [1.82, 2.24) is 0 Å². The monoisotopic (exact) mass is 242 g/mol. The fraction of sp³-hybridized carbons (Fsp3) is 0.250. The molecule has 2 N–H and O–H groups in total. The summed E-state index contributed by atoms with van der Waals surface area (Å²) in [5, 5.41) is 21.2. The lowest BCUT2D eigenvalue weighted by Crippen LogP contribution is -2.32. The molecule has 2 aromatic rings. The Morgan fingerprint density at radius 3 is 1.94 bits per heavy atom. The van der Waals surface area contributed by atoms with Crippen LogP contribution in [0.4, 0.5) is 0 Å². The highest BCUT2D eigenvalue weighted by Gasteiger charge is 2.36. The van der Waals surface area contributed by atoms with Crippen LogP contribution in [0.25, 0.3) is 0 Å². The lowest BCUT2D eigenvalue weighted by atomic mass is 9.82. The minimum absolute atomic E-state index is 0.451. The highest BCUT2D eigenvalue weighted by Crippen LogP contribution is 2.37. The van der Waals surface area contributed by atoms with Crippen LogP contribution in [-0.2, 0) is 5.60 Å². The summed E-state index contributed by atoms with van der Waals surface area (Å²) in [5.41, 5.74) is 0.220. The van der Waals surface area contributed by atoms with Crippen molar-refractivity contribution < 1.29 is 10.2 Å². The van der Waals surface area contributed by atoms with Crippen LogP contribution in [0.3, 0.4) is 0 Å². The second kappa shape index (κ2) is 5.34. The molecule has 2 heteroatoms. The zero-order chi connectivity index (χ0) is 13.0. The Kier molecular flexibility index (Phi) is 3.80. The molecule has 0 bridgehead atoms. The third-order valence-corrected chi connectivity index (χ3v) is 3.38. The van der Waals surface area contributed by atoms with Crippen molar-refractivity contribution in [3.8, 4) is 0 Å². The zero-order valence-corrected chi connectivity index (χ0v) is 10.5. The van der Waals surface area contributed by atoms with Gasteiger partial charge in [-0.1, -0.05) is 67.6 Å². The van der Waals surface area contributed by atoms with Crippen LogP contribution < -0.4 is 0 Å². The van der Waals surface area contributed by atoms with Crippen molar-refractivity contribution >= 4 is 0 Å². The van der Waals surface area contributed by atoms with E-state index in [1.54, 1.807) is 0 Å². The largest absolute Gasteiger partial charge is 0.385 e. The van der Waals surface area contributed by atoms with Crippen molar-refractivity contribution in [2.24, 2.45) is 0 Å². The molecule has 0 heterocycles. The summed E-state index contributed by atoms with van der Waals surface area (Å²) >= 11 is 0. The van der Waals surface area contributed by atoms with Gasteiger partial charge in [0.1, 0.15) is 11.7 Å². The normalized spacial score (nSPS) is 15.9. The van der Waals surface area contributed by atoms with Gasteiger partial charge in [0, 0.05) is 0 Å². The van der Waals surface area contributed by atoms with Gasteiger partial charge in [0.25, 0.3) is 0 Å². The van der Waals surface area contributed by atoms with E-state index in [1.807, 2.05) is 67.6 Å². The average Bonchev–Trinajstić information content (AvgIpc) is 2.47. The zero-order valence-electron chi connectivity index (χ0n) is 10.5. The number of hydrogen-bond donors (Lipinski definition) is 2. The summed E-state index contributed by atoms with van der Waals surface area (Å²) in [4.78, 5) is 0. The van der Waals surface area contributed by atoms with Gasteiger partial charge in [0.15, 0.2) is 0 Å². The minimum atomic E-state index is -1.25. The standard InChI is InChI=1S/C16H18O2/c1-2-16(18,14-11-7-4-8-12-14)15(17)13-9-5-3-6-10-13/h3-12,15,17-18H,2H2,1H3/t15-,16+/m0/s1. The molecular weight excluding hydrogens is 224 g/mol. The SMILES string of the molecule is CC[C@@](O)(c1ccccc1)[C@@H](O)c1ccccc1. The first-order valence-electron chi connectivity index (χ1n) is 6.19. The number of rotatable bonds is 4. The van der Waals surface area contributed by atoms with Gasteiger partial charge in [-0.15, -0.1) is 0 Å². The number of benzene rings is 2. The lowest BCUT2D eigenvalue weighted by molar-refractivity contribution is -0.0858. The first kappa shape index (κ1) is 12.8. The molecule has 0 aromatic heterocycles. The van der Waals surface area contributed by atoms with Crippen LogP contribution >= 0.6 is 0 Å². The molecule has 18 heavy (non-hydrogen) atoms. The third kappa shape index (κ3) is 2.30. The Labute approximate surface area is 108 Å². The topological polar surface area (TPSA) is 40.5 Å². The molecule has 2 aromatic carbocycles. The molecule has 0 amide bonds. The number of aliphatic hydroxyl groups is 2. The van der Waals surface area contributed by atoms with Gasteiger partial charge in [-0.25, -0.2) is 0 Å². The van der Waals surface area contributed by atoms with Gasteiger partial charge in [-0.3, -0.25) is 0 Å². The number of aliphatic hydroxyl groups excluding tert-OH is 1. The molecule has 0 aliphatic carbocycles. The molecule has 0 fully saturated rings. The Morgan fingerprint density at radius 1 is 0.944 bits per heavy atom. The average molecular weight is 242 g/mol. The molecule has 0 aliphatic rings. The molecule has 0 saturated carbocycles. The van der Waals surface area contributed by atoms with Crippen molar-refractivity contribution in [2.75, 3.05) is 0 Å². The predicted octanol–water partition coefficient (Wildman–Crippen LogP) is 3.02. The quantitative estimate of drug-likeness (QED) is 0.865. The Morgan fingerprint density at radius 2 is 1.44 bits per heavy atom. The van der Waals surface area contributed by atoms with Gasteiger partial charge >= 0.3 is 0 Å². The lowest BCUT2D eigenvalue weighted by Gasteiger charge is -2.33. The van der Waals surface area contributed by atoms with E-state index in [-0.39, 0.29) is 0 Å². The Balaban J connectivity index is 2.39. The van der Waals surface area contributed by atoms with E-state index in [0.717, 1.165) is 11.1 Å². The van der Waals surface area contributed by atoms with Crippen LogP contribution in [0.15, 0.2) is 60.7 Å². The molecule has 0 spiro atoms. The van der Waals surface area contributed by atoms with Crippen molar-refractivity contribution in [2.45, 2.75) is 25.0 Å². The van der Waals surface area contributed by atoms with Gasteiger partial charge in [-0.2, -0.15) is 0 Å². The van der Waals surface area contributed by atoms with E-state index in [0.29, 0.717) is 6.42 Å². The van der Waals surface area contributed by atoms with E-state index < -0.39 is 11.7 Å². The maximum absolute atomic E-state index is 10.8. The smallest absolute Gasteiger partial charge is 0.119 e. The first-order valence-corrected chi connectivity index (χ1v) is 6.19. The van der Waals surface area contributed by atoms with E-state index in [4.69, 9.17) is 0 Å². The van der Waals surface area contributed by atoms with Gasteiger partial charge in [-0.05, 0) is 17.5 Å². The fourth-order valence-corrected chi connectivity index (χ4v) is 2.19. The summed E-state index contributed by atoms with van der Waals surface area (Å²) in [5.74, 6) is 0. The summed E-state index contributed by atoms with van der Waals surface area (Å²) < 4.78 is 0. The molecule has 94 valence electrons. The summed E-state index contributed by atoms with van der Waals surface area (Å²) in [6.45, 7) is 1.87. The van der Waals surface area contributed by atoms with Crippen LogP contribution in [0.1, 0.15) is 30.6 Å². The Bertz CT molecular complexity index is 481. The highest BCUT2D eigenvalue weighted by atomic mass is 16.3. The van der Waals surface area contributed by atoms with Crippen LogP contribution in [0, 0.1) is 0 Å². The molecule has 0 saturated heterocycles. The van der Waals surface area contributed by atoms with E-state index in [1.165, 1.54) is 0 Å². The van der Waals surface area contributed by atoms with Crippen LogP contribution in [0.2, 0.25) is 0 Å². The van der Waals surface area contributed by atoms with Crippen molar-refractivity contribution in [3.63, 3.8) is 0 Å². The molecule has 0 aliphatic heterocycles. The van der Waals surface area contributed by atoms with Gasteiger partial charge in [0.2, 0.25) is 0 Å². The third-order valence-electron chi connectivity index (χ3n) is 3.38. The number of hydrogen-bond acceptors (Lipinski definition) is 2. The second-order valence-corrected chi connectivity index (χ2v) is 4.46. The van der Waals surface area contributed by atoms with Crippen molar-refractivity contribution in [3.05, 3.63) is 71.8 Å². The molecular formula is C16H18O2. The molecule has 0 radical (unpaired) electrons. The molecule has 2 rings (SSSR count). The highest BCUT2D eigenvalue weighted by molar-refractivity contribution is 5.29.